The van der Waals surface area contributed by atoms with Gasteiger partial charge in [0.05, 0.1) is 16.7 Å². The molecule has 3 aromatic rings. The molecule has 0 unspecified atom stereocenters. The smallest absolute Gasteiger partial charge is 0.306 e. The number of nitrogens with zero attached hydrogens (tertiary/aromatic N) is 3. The second-order valence-corrected chi connectivity index (χ2v) is 11.1. The molecule has 0 saturated carbocycles. The highest BCUT2D eigenvalue weighted by molar-refractivity contribution is 7.90. The van der Waals surface area contributed by atoms with Crippen molar-refractivity contribution >= 4 is 48.8 Å². The highest BCUT2D eigenvalue weighted by atomic mass is 35.5. The van der Waals surface area contributed by atoms with E-state index in [9.17, 15) is 18.0 Å². The second-order valence-electron chi connectivity index (χ2n) is 7.66. The molecule has 11 heteroatoms. The van der Waals surface area contributed by atoms with Crippen LogP contribution < -0.4 is 5.56 Å². The lowest BCUT2D eigenvalue weighted by molar-refractivity contribution is -0.144. The van der Waals surface area contributed by atoms with Crippen molar-refractivity contribution < 1.29 is 17.9 Å². The van der Waals surface area contributed by atoms with Crippen molar-refractivity contribution in [3.8, 4) is 10.7 Å². The molecule has 0 saturated heterocycles. The van der Waals surface area contributed by atoms with Crippen LogP contribution in [0.25, 0.3) is 20.8 Å². The number of hydrogen-bond donors (Lipinski definition) is 0. The minimum Gasteiger partial charge on any atom is -0.464 e. The van der Waals surface area contributed by atoms with Crippen molar-refractivity contribution in [2.24, 2.45) is 0 Å². The van der Waals surface area contributed by atoms with Gasteiger partial charge in [-0.1, -0.05) is 25.4 Å². The molecule has 0 fully saturated rings. The molecular formula is C23H26ClN3O5S2. The molecule has 2 heterocycles. The predicted molar refractivity (Wildman–Crippen MR) is 134 cm³/mol. The van der Waals surface area contributed by atoms with E-state index in [-0.39, 0.29) is 34.4 Å². The fourth-order valence-electron chi connectivity index (χ4n) is 3.29. The summed E-state index contributed by atoms with van der Waals surface area (Å²) < 4.78 is 30.5. The molecule has 34 heavy (non-hydrogen) atoms. The number of carbonyl (C=O) groups excluding carboxylic acids is 1. The lowest BCUT2D eigenvalue weighted by Gasteiger charge is -2.17. The average molecular weight is 524 g/mol. The zero-order valence-corrected chi connectivity index (χ0v) is 21.6. The summed E-state index contributed by atoms with van der Waals surface area (Å²) in [5, 5.41) is 1.16. The summed E-state index contributed by atoms with van der Waals surface area (Å²) in [6.07, 6.45) is 1.33. The van der Waals surface area contributed by atoms with E-state index in [1.54, 1.807) is 18.2 Å². The maximum Gasteiger partial charge on any atom is 0.306 e. The van der Waals surface area contributed by atoms with Gasteiger partial charge in [-0.05, 0) is 43.4 Å². The monoisotopic (exact) mass is 523 g/mol. The molecule has 0 aliphatic rings. The quantitative estimate of drug-likeness (QED) is 0.371. The molecular weight excluding hydrogens is 498 g/mol. The van der Waals surface area contributed by atoms with Crippen LogP contribution in [0, 0.1) is 0 Å². The van der Waals surface area contributed by atoms with Crippen molar-refractivity contribution in [3.63, 3.8) is 0 Å². The Hall–Kier alpha value is -2.40. The Morgan fingerprint density at radius 1 is 1.15 bits per heavy atom. The number of fused-ring (bicyclic) bond motifs is 1. The Labute approximate surface area is 207 Å². The van der Waals surface area contributed by atoms with Crippen molar-refractivity contribution in [2.45, 2.75) is 31.6 Å². The normalized spacial score (nSPS) is 11.8. The Balaban J connectivity index is 1.86. The van der Waals surface area contributed by atoms with E-state index in [2.05, 4.69) is 14.9 Å². The Kier molecular flexibility index (Phi) is 8.75. The van der Waals surface area contributed by atoms with Gasteiger partial charge in [-0.3, -0.25) is 14.6 Å². The number of esters is 1. The van der Waals surface area contributed by atoms with Crippen LogP contribution >= 0.6 is 22.9 Å². The number of sulfone groups is 1. The van der Waals surface area contributed by atoms with Gasteiger partial charge >= 0.3 is 5.97 Å². The number of aromatic nitrogens is 2. The zero-order chi connectivity index (χ0) is 24.9. The molecule has 0 atom stereocenters. The summed E-state index contributed by atoms with van der Waals surface area (Å²) in [4.78, 5) is 35.5. The van der Waals surface area contributed by atoms with Crippen LogP contribution in [0.15, 0.2) is 40.0 Å². The number of pyridine rings is 1. The van der Waals surface area contributed by atoms with Gasteiger partial charge in [-0.2, -0.15) is 4.98 Å². The number of aryl methyl sites for hydroxylation is 1. The number of carbonyl (C=O) groups is 1. The minimum absolute atomic E-state index is 0.0371. The molecule has 0 radical (unpaired) electrons. The van der Waals surface area contributed by atoms with Gasteiger partial charge < -0.3 is 9.64 Å². The first-order valence-corrected chi connectivity index (χ1v) is 13.9. The number of hydrogen-bond acceptors (Lipinski definition) is 9. The van der Waals surface area contributed by atoms with E-state index in [1.807, 2.05) is 13.8 Å². The molecule has 0 aliphatic carbocycles. The Bertz CT molecular complexity index is 1350. The van der Waals surface area contributed by atoms with Crippen molar-refractivity contribution in [1.82, 2.24) is 14.9 Å². The van der Waals surface area contributed by atoms with Crippen LogP contribution in [0.3, 0.4) is 0 Å². The van der Waals surface area contributed by atoms with E-state index >= 15 is 0 Å². The second kappa shape index (κ2) is 11.4. The minimum atomic E-state index is -3.57. The zero-order valence-electron chi connectivity index (χ0n) is 19.2. The molecule has 0 spiro atoms. The first-order chi connectivity index (χ1) is 16.1. The van der Waals surface area contributed by atoms with Crippen LogP contribution in [0.1, 0.15) is 26.0 Å². The molecule has 1 aromatic carbocycles. The van der Waals surface area contributed by atoms with Gasteiger partial charge in [0.25, 0.3) is 5.56 Å². The van der Waals surface area contributed by atoms with Crippen LogP contribution in [-0.4, -0.2) is 61.8 Å². The number of likely N-dealkylation sites (N-methyl/N-ethyl adjacent to an activating group) is 1. The summed E-state index contributed by atoms with van der Waals surface area (Å²) in [7, 11) is -3.57. The molecule has 0 amide bonds. The summed E-state index contributed by atoms with van der Waals surface area (Å²) in [6.45, 7) is 6.78. The van der Waals surface area contributed by atoms with Crippen LogP contribution in [0.4, 0.5) is 0 Å². The maximum atomic E-state index is 12.5. The Morgan fingerprint density at radius 2 is 1.88 bits per heavy atom. The molecule has 2 aromatic heterocycles. The first kappa shape index (κ1) is 26.2. The van der Waals surface area contributed by atoms with E-state index in [4.69, 9.17) is 16.3 Å². The standard InChI is InChI=1S/C23H26ClN3O5S2/c1-4-27(5-2)10-11-32-21(28)9-7-16-13-17(34(3,30)31)14-19(25-16)23-26-22(29)18-8-6-15(24)12-20(18)33-23/h6,8,12-14H,4-5,7,9-11H2,1-3H3. The van der Waals surface area contributed by atoms with Gasteiger partial charge in [0.2, 0.25) is 0 Å². The largest absolute Gasteiger partial charge is 0.464 e. The van der Waals surface area contributed by atoms with Gasteiger partial charge in [0.1, 0.15) is 17.3 Å². The molecule has 0 aliphatic heterocycles. The predicted octanol–water partition coefficient (Wildman–Crippen LogP) is 3.59. The van der Waals surface area contributed by atoms with E-state index in [0.29, 0.717) is 34.0 Å². The number of rotatable bonds is 10. The summed E-state index contributed by atoms with van der Waals surface area (Å²) in [5.41, 5.74) is 0.188. The van der Waals surface area contributed by atoms with E-state index in [1.165, 1.54) is 23.5 Å². The lowest BCUT2D eigenvalue weighted by atomic mass is 10.2. The fourth-order valence-corrected chi connectivity index (χ4v) is 5.20. The first-order valence-electron chi connectivity index (χ1n) is 10.8. The summed E-state index contributed by atoms with van der Waals surface area (Å²) in [5.74, 6) is -0.386. The van der Waals surface area contributed by atoms with Gasteiger partial charge in [0, 0.05) is 34.6 Å². The average Bonchev–Trinajstić information content (AvgIpc) is 2.79. The van der Waals surface area contributed by atoms with Crippen LogP contribution in [-0.2, 0) is 25.8 Å². The van der Waals surface area contributed by atoms with Gasteiger partial charge in [-0.25, -0.2) is 8.42 Å². The van der Waals surface area contributed by atoms with E-state index < -0.39 is 15.4 Å². The fraction of sp³-hybridized carbons (Fsp3) is 0.391. The van der Waals surface area contributed by atoms with Crippen molar-refractivity contribution in [2.75, 3.05) is 32.5 Å². The lowest BCUT2D eigenvalue weighted by Crippen LogP contribution is -2.27. The number of ether oxygens (including phenoxy) is 1. The molecule has 182 valence electrons. The summed E-state index contributed by atoms with van der Waals surface area (Å²) >= 11 is 7.25. The molecule has 3 rings (SSSR count). The Morgan fingerprint density at radius 3 is 2.56 bits per heavy atom. The van der Waals surface area contributed by atoms with Crippen molar-refractivity contribution in [1.29, 1.82) is 0 Å². The SMILES string of the molecule is CCN(CC)CCOC(=O)CCc1cc(S(C)(=O)=O)cc(-c2nc(=O)c3ccc(Cl)cc3s2)n1. The molecule has 0 N–H and O–H groups in total. The number of halogens is 1. The van der Waals surface area contributed by atoms with Crippen molar-refractivity contribution in [3.05, 3.63) is 51.4 Å². The highest BCUT2D eigenvalue weighted by Crippen LogP contribution is 2.28. The topological polar surface area (TPSA) is 107 Å². The summed E-state index contributed by atoms with van der Waals surface area (Å²) in [6, 6.07) is 7.69. The van der Waals surface area contributed by atoms with E-state index in [0.717, 1.165) is 19.3 Å². The van der Waals surface area contributed by atoms with Crippen LogP contribution in [0.5, 0.6) is 0 Å². The molecule has 0 bridgehead atoms. The van der Waals surface area contributed by atoms with Gasteiger partial charge in [-0.15, -0.1) is 11.3 Å². The third-order valence-electron chi connectivity index (χ3n) is 5.23. The van der Waals surface area contributed by atoms with Crippen LogP contribution in [0.2, 0.25) is 5.02 Å². The highest BCUT2D eigenvalue weighted by Gasteiger charge is 2.16. The molecule has 8 nitrogen and oxygen atoms in total. The van der Waals surface area contributed by atoms with Gasteiger partial charge in [0.15, 0.2) is 9.84 Å². The number of benzene rings is 1. The maximum absolute atomic E-state index is 12.5. The third-order valence-corrected chi connectivity index (χ3v) is 7.61. The third kappa shape index (κ3) is 6.82.